The van der Waals surface area contributed by atoms with Gasteiger partial charge in [-0.25, -0.2) is 0 Å². The van der Waals surface area contributed by atoms with Crippen LogP contribution < -0.4 is 27.3 Å². The number of hydrogen-bond acceptors (Lipinski definition) is 5. The molecule has 0 spiro atoms. The number of benzene rings is 1. The molecule has 0 radical (unpaired) electrons. The van der Waals surface area contributed by atoms with Crippen LogP contribution in [0.3, 0.4) is 0 Å². The number of allylic oxidation sites excluding steroid dienone is 1. The molecule has 0 fully saturated rings. The Kier molecular flexibility index (Phi) is 9.24. The Labute approximate surface area is 152 Å². The minimum absolute atomic E-state index is 0.165. The Morgan fingerprint density at radius 3 is 2.72 bits per heavy atom. The molecule has 1 rings (SSSR count). The van der Waals surface area contributed by atoms with Crippen molar-refractivity contribution >= 4 is 23.9 Å². The van der Waals surface area contributed by atoms with Crippen molar-refractivity contribution in [3.05, 3.63) is 40.7 Å². The van der Waals surface area contributed by atoms with Gasteiger partial charge >= 0.3 is 0 Å². The number of halogens is 1. The van der Waals surface area contributed by atoms with E-state index in [1.165, 1.54) is 6.20 Å². The Balaban J connectivity index is 2.63. The number of primary amides is 1. The quantitative estimate of drug-likeness (QED) is 0.411. The third kappa shape index (κ3) is 7.80. The zero-order valence-corrected chi connectivity index (χ0v) is 14.8. The molecule has 0 aromatic heterocycles. The molecule has 0 aliphatic rings. The van der Waals surface area contributed by atoms with E-state index < -0.39 is 5.91 Å². The van der Waals surface area contributed by atoms with Crippen LogP contribution in [0.15, 0.2) is 30.1 Å². The maximum atomic E-state index is 10.9. The van der Waals surface area contributed by atoms with Crippen LogP contribution >= 0.6 is 11.6 Å². The van der Waals surface area contributed by atoms with Crippen molar-refractivity contribution in [3.8, 4) is 5.75 Å². The van der Waals surface area contributed by atoms with Gasteiger partial charge in [-0.1, -0.05) is 23.7 Å². The molecule has 25 heavy (non-hydrogen) atoms. The highest BCUT2D eigenvalue weighted by Gasteiger charge is 2.13. The molecule has 7 N–H and O–H groups in total. The normalized spacial score (nSPS) is 12.4. The van der Waals surface area contributed by atoms with E-state index in [4.69, 9.17) is 33.5 Å². The van der Waals surface area contributed by atoms with Crippen molar-refractivity contribution in [1.82, 2.24) is 5.32 Å². The minimum Gasteiger partial charge on any atom is -0.490 e. The van der Waals surface area contributed by atoms with E-state index in [0.29, 0.717) is 35.7 Å². The Morgan fingerprint density at radius 2 is 2.08 bits per heavy atom. The lowest BCUT2D eigenvalue weighted by Gasteiger charge is -2.17. The van der Waals surface area contributed by atoms with E-state index in [2.05, 4.69) is 5.32 Å². The summed E-state index contributed by atoms with van der Waals surface area (Å²) in [5.41, 5.74) is 17.7. The van der Waals surface area contributed by atoms with Crippen LogP contribution in [0.2, 0.25) is 5.02 Å². The van der Waals surface area contributed by atoms with Gasteiger partial charge in [0.15, 0.2) is 0 Å². The number of aryl methyl sites for hydroxylation is 1. The minimum atomic E-state index is -0.427. The number of rotatable bonds is 12. The molecule has 1 aromatic rings. The predicted molar refractivity (Wildman–Crippen MR) is 97.8 cm³/mol. The summed E-state index contributed by atoms with van der Waals surface area (Å²) in [6.07, 6.45) is 4.78. The summed E-state index contributed by atoms with van der Waals surface area (Å²) in [5, 5.41) is 3.13. The third-order valence-corrected chi connectivity index (χ3v) is 4.08. The molecule has 2 amide bonds. The summed E-state index contributed by atoms with van der Waals surface area (Å²) >= 11 is 6.39. The third-order valence-electron chi connectivity index (χ3n) is 3.65. The summed E-state index contributed by atoms with van der Waals surface area (Å²) in [5.74, 6) is 0.0989. The molecule has 8 heteroatoms. The zero-order chi connectivity index (χ0) is 18.7. The number of amides is 2. The lowest BCUT2D eigenvalue weighted by molar-refractivity contribution is -0.118. The van der Waals surface area contributed by atoms with Crippen LogP contribution in [0, 0.1) is 0 Å². The lowest BCUT2D eigenvalue weighted by Crippen LogP contribution is -2.34. The van der Waals surface area contributed by atoms with Crippen LogP contribution in [-0.4, -0.2) is 25.0 Å². The highest BCUT2D eigenvalue weighted by atomic mass is 35.5. The summed E-state index contributed by atoms with van der Waals surface area (Å²) in [6, 6.07) is 5.21. The second-order valence-electron chi connectivity index (χ2n) is 5.62. The first-order valence-electron chi connectivity index (χ1n) is 8.02. The molecule has 1 unspecified atom stereocenters. The molecule has 138 valence electrons. The summed E-state index contributed by atoms with van der Waals surface area (Å²) in [4.78, 5) is 21.5. The first kappa shape index (κ1) is 20.6. The molecule has 1 aromatic carbocycles. The van der Waals surface area contributed by atoms with Gasteiger partial charge in [0.25, 0.3) is 0 Å². The highest BCUT2D eigenvalue weighted by Crippen LogP contribution is 2.29. The van der Waals surface area contributed by atoms with Crippen LogP contribution in [0.5, 0.6) is 5.75 Å². The van der Waals surface area contributed by atoms with Gasteiger partial charge in [-0.2, -0.15) is 0 Å². The molecular formula is C17H25ClN4O3. The number of ether oxygens (including phenoxy) is 1. The van der Waals surface area contributed by atoms with Crippen molar-refractivity contribution in [2.45, 2.75) is 38.1 Å². The average Bonchev–Trinajstić information content (AvgIpc) is 2.59. The number of nitrogens with one attached hydrogen (secondary N) is 1. The van der Waals surface area contributed by atoms with Crippen molar-refractivity contribution < 1.29 is 14.3 Å². The zero-order valence-electron chi connectivity index (χ0n) is 14.0. The SMILES string of the molecule is N/C=C(\N)CCCc1cccc(OCC(CCC(N)=O)NC=O)c1Cl. The number of carbonyl (C=O) groups excluding carboxylic acids is 2. The molecule has 1 atom stereocenters. The Morgan fingerprint density at radius 1 is 1.32 bits per heavy atom. The largest absolute Gasteiger partial charge is 0.490 e. The van der Waals surface area contributed by atoms with Gasteiger partial charge in [-0.3, -0.25) is 9.59 Å². The summed E-state index contributed by atoms with van der Waals surface area (Å²) in [6.45, 7) is 0.193. The highest BCUT2D eigenvalue weighted by molar-refractivity contribution is 6.32. The number of carbonyl (C=O) groups is 2. The van der Waals surface area contributed by atoms with Crippen molar-refractivity contribution in [3.63, 3.8) is 0 Å². The molecule has 0 heterocycles. The van der Waals surface area contributed by atoms with Crippen molar-refractivity contribution in [1.29, 1.82) is 0 Å². The molecule has 0 saturated carbocycles. The topological polar surface area (TPSA) is 133 Å². The van der Waals surface area contributed by atoms with Gasteiger partial charge in [0.2, 0.25) is 12.3 Å². The van der Waals surface area contributed by atoms with Crippen LogP contribution in [0.4, 0.5) is 0 Å². The van der Waals surface area contributed by atoms with Crippen LogP contribution in [0.25, 0.3) is 0 Å². The summed E-state index contributed by atoms with van der Waals surface area (Å²) < 4.78 is 5.71. The fourth-order valence-corrected chi connectivity index (χ4v) is 2.52. The van der Waals surface area contributed by atoms with Gasteiger partial charge in [-0.05, 0) is 37.3 Å². The number of nitrogens with two attached hydrogens (primary N) is 3. The van der Waals surface area contributed by atoms with E-state index in [-0.39, 0.29) is 19.1 Å². The second-order valence-corrected chi connectivity index (χ2v) is 6.00. The first-order chi connectivity index (χ1) is 12.0. The second kappa shape index (κ2) is 11.2. The van der Waals surface area contributed by atoms with E-state index in [0.717, 1.165) is 18.4 Å². The average molecular weight is 369 g/mol. The monoisotopic (exact) mass is 368 g/mol. The standard InChI is InChI=1S/C17H25ClN4O3/c18-17-12(3-1-5-13(20)9-19)4-2-6-15(17)25-10-14(22-11-23)7-8-16(21)24/h2,4,6,9,11,14H,1,3,5,7-8,10,19-20H2,(H2,21,24)(H,22,23)/b13-9-. The van der Waals surface area contributed by atoms with Crippen LogP contribution in [-0.2, 0) is 16.0 Å². The molecule has 0 saturated heterocycles. The fraction of sp³-hybridized carbons (Fsp3) is 0.412. The molecule has 7 nitrogen and oxygen atoms in total. The van der Waals surface area contributed by atoms with Gasteiger partial charge in [-0.15, -0.1) is 0 Å². The van der Waals surface area contributed by atoms with E-state index in [9.17, 15) is 9.59 Å². The molecule has 0 aliphatic heterocycles. The van der Waals surface area contributed by atoms with Crippen molar-refractivity contribution in [2.24, 2.45) is 17.2 Å². The maximum Gasteiger partial charge on any atom is 0.217 e. The molecule has 0 aliphatic carbocycles. The van der Waals surface area contributed by atoms with Gasteiger partial charge in [0.1, 0.15) is 12.4 Å². The summed E-state index contributed by atoms with van der Waals surface area (Å²) in [7, 11) is 0. The van der Waals surface area contributed by atoms with Gasteiger partial charge < -0.3 is 27.3 Å². The Hall–Kier alpha value is -2.41. The molecular weight excluding hydrogens is 344 g/mol. The van der Waals surface area contributed by atoms with E-state index in [1.54, 1.807) is 6.07 Å². The maximum absolute atomic E-state index is 10.9. The van der Waals surface area contributed by atoms with Crippen LogP contribution in [0.1, 0.15) is 31.2 Å². The fourth-order valence-electron chi connectivity index (χ4n) is 2.24. The van der Waals surface area contributed by atoms with E-state index in [1.807, 2.05) is 12.1 Å². The molecule has 0 bridgehead atoms. The van der Waals surface area contributed by atoms with Crippen molar-refractivity contribution in [2.75, 3.05) is 6.61 Å². The van der Waals surface area contributed by atoms with Gasteiger partial charge in [0.05, 0.1) is 11.1 Å². The van der Waals surface area contributed by atoms with E-state index >= 15 is 0 Å². The number of hydrogen-bond donors (Lipinski definition) is 4. The Bertz CT molecular complexity index is 608. The smallest absolute Gasteiger partial charge is 0.217 e. The predicted octanol–water partition coefficient (Wildman–Crippen LogP) is 1.18. The van der Waals surface area contributed by atoms with Gasteiger partial charge in [0, 0.05) is 18.3 Å². The first-order valence-corrected chi connectivity index (χ1v) is 8.40. The lowest BCUT2D eigenvalue weighted by atomic mass is 10.1.